The summed E-state index contributed by atoms with van der Waals surface area (Å²) in [4.78, 5) is 10.3. The van der Waals surface area contributed by atoms with Gasteiger partial charge in [-0.1, -0.05) is 18.3 Å². The average Bonchev–Trinajstić information content (AvgIpc) is 3.15. The van der Waals surface area contributed by atoms with Gasteiger partial charge in [0.25, 0.3) is 0 Å². The Hall–Kier alpha value is -2.62. The maximum Gasteiger partial charge on any atom is 0.176 e. The molecule has 0 bridgehead atoms. The Morgan fingerprint density at radius 1 is 1.14 bits per heavy atom. The van der Waals surface area contributed by atoms with E-state index in [0.717, 1.165) is 53.5 Å². The molecule has 9 heteroatoms. The van der Waals surface area contributed by atoms with Crippen LogP contribution in [-0.2, 0) is 4.74 Å². The van der Waals surface area contributed by atoms with E-state index in [0.29, 0.717) is 20.7 Å². The molecule has 1 aliphatic rings. The zero-order valence-corrected chi connectivity index (χ0v) is 17.4. The quantitative estimate of drug-likeness (QED) is 0.422. The van der Waals surface area contributed by atoms with Gasteiger partial charge in [0.1, 0.15) is 10.4 Å². The van der Waals surface area contributed by atoms with E-state index in [1.54, 1.807) is 12.4 Å². The summed E-state index contributed by atoms with van der Waals surface area (Å²) in [5.41, 5.74) is 2.70. The number of fused-ring (bicyclic) bond motifs is 2. The van der Waals surface area contributed by atoms with Crippen molar-refractivity contribution in [2.75, 3.05) is 6.61 Å². The molecule has 0 amide bonds. The molecule has 1 fully saturated rings. The molecular formula is C20H19N5O2S2. The highest BCUT2D eigenvalue weighted by Crippen LogP contribution is 2.37. The Labute approximate surface area is 176 Å². The SMILES string of the molecule is Cc1ccc2c(cnn2C2CCCCO2)c1Oc1cncc2c(=S)[nH]c(=S)[nH]c12. The molecule has 3 aromatic heterocycles. The van der Waals surface area contributed by atoms with Crippen molar-refractivity contribution in [2.24, 2.45) is 0 Å². The molecule has 0 saturated carbocycles. The first kappa shape index (κ1) is 18.4. The first-order chi connectivity index (χ1) is 14.1. The van der Waals surface area contributed by atoms with Crippen LogP contribution in [0.25, 0.3) is 21.8 Å². The summed E-state index contributed by atoms with van der Waals surface area (Å²) < 4.78 is 15.2. The van der Waals surface area contributed by atoms with Crippen LogP contribution >= 0.6 is 24.4 Å². The van der Waals surface area contributed by atoms with Gasteiger partial charge in [0.05, 0.1) is 34.2 Å². The third-order valence-electron chi connectivity index (χ3n) is 5.19. The lowest BCUT2D eigenvalue weighted by Gasteiger charge is -2.23. The topological polar surface area (TPSA) is 80.8 Å². The van der Waals surface area contributed by atoms with Gasteiger partial charge in [0.15, 0.2) is 16.7 Å². The Kier molecular flexibility index (Phi) is 4.65. The molecule has 1 aliphatic heterocycles. The van der Waals surface area contributed by atoms with Crippen LogP contribution in [0.15, 0.2) is 30.7 Å². The molecule has 148 valence electrons. The maximum absolute atomic E-state index is 6.35. The van der Waals surface area contributed by atoms with E-state index in [4.69, 9.17) is 33.9 Å². The number of benzene rings is 1. The lowest BCUT2D eigenvalue weighted by Crippen LogP contribution is -2.18. The van der Waals surface area contributed by atoms with Gasteiger partial charge in [0, 0.05) is 12.8 Å². The predicted molar refractivity (Wildman–Crippen MR) is 115 cm³/mol. The molecule has 5 rings (SSSR count). The van der Waals surface area contributed by atoms with E-state index in [1.807, 2.05) is 23.9 Å². The third kappa shape index (κ3) is 3.25. The summed E-state index contributed by atoms with van der Waals surface area (Å²) >= 11 is 10.6. The van der Waals surface area contributed by atoms with Crippen LogP contribution in [0.3, 0.4) is 0 Å². The zero-order valence-electron chi connectivity index (χ0n) is 15.8. The molecular weight excluding hydrogens is 406 g/mol. The number of hydrogen-bond acceptors (Lipinski definition) is 6. The predicted octanol–water partition coefficient (Wildman–Crippen LogP) is 5.50. The number of aryl methyl sites for hydroxylation is 1. The van der Waals surface area contributed by atoms with Crippen molar-refractivity contribution in [3.8, 4) is 11.5 Å². The minimum Gasteiger partial charge on any atom is -0.452 e. The van der Waals surface area contributed by atoms with Crippen molar-refractivity contribution in [3.05, 3.63) is 45.7 Å². The molecule has 1 unspecified atom stereocenters. The first-order valence-electron chi connectivity index (χ1n) is 9.48. The Morgan fingerprint density at radius 3 is 2.86 bits per heavy atom. The molecule has 0 radical (unpaired) electrons. The minimum absolute atomic E-state index is 0.0366. The van der Waals surface area contributed by atoms with Crippen molar-refractivity contribution >= 4 is 46.2 Å². The Morgan fingerprint density at radius 2 is 2.03 bits per heavy atom. The smallest absolute Gasteiger partial charge is 0.176 e. The number of rotatable bonds is 3. The number of H-pyrrole nitrogens is 2. The summed E-state index contributed by atoms with van der Waals surface area (Å²) in [7, 11) is 0. The van der Waals surface area contributed by atoms with Gasteiger partial charge < -0.3 is 19.4 Å². The van der Waals surface area contributed by atoms with E-state index >= 15 is 0 Å². The number of nitrogens with one attached hydrogen (secondary N) is 2. The third-order valence-corrected chi connectivity index (χ3v) is 5.72. The van der Waals surface area contributed by atoms with Crippen LogP contribution in [0.1, 0.15) is 31.1 Å². The minimum atomic E-state index is -0.0366. The van der Waals surface area contributed by atoms with Gasteiger partial charge in [-0.2, -0.15) is 5.10 Å². The van der Waals surface area contributed by atoms with E-state index in [1.165, 1.54) is 0 Å². The molecule has 1 atom stereocenters. The van der Waals surface area contributed by atoms with E-state index in [2.05, 4.69) is 26.1 Å². The van der Waals surface area contributed by atoms with Crippen LogP contribution in [0.5, 0.6) is 11.5 Å². The molecule has 0 spiro atoms. The highest BCUT2D eigenvalue weighted by atomic mass is 32.1. The largest absolute Gasteiger partial charge is 0.452 e. The number of nitrogens with zero attached hydrogens (tertiary/aromatic N) is 3. The van der Waals surface area contributed by atoms with Gasteiger partial charge in [-0.25, -0.2) is 4.68 Å². The van der Waals surface area contributed by atoms with Gasteiger partial charge in [-0.05, 0) is 50.0 Å². The van der Waals surface area contributed by atoms with Crippen LogP contribution in [-0.4, -0.2) is 31.3 Å². The lowest BCUT2D eigenvalue weighted by atomic mass is 10.1. The molecule has 1 aromatic carbocycles. The second kappa shape index (κ2) is 7.33. The van der Waals surface area contributed by atoms with Crippen molar-refractivity contribution in [1.82, 2.24) is 24.7 Å². The molecule has 4 aromatic rings. The number of hydrogen-bond donors (Lipinski definition) is 2. The van der Waals surface area contributed by atoms with Crippen LogP contribution in [0.4, 0.5) is 0 Å². The first-order valence-corrected chi connectivity index (χ1v) is 10.3. The molecule has 4 heterocycles. The van der Waals surface area contributed by atoms with Gasteiger partial charge in [-0.3, -0.25) is 4.98 Å². The summed E-state index contributed by atoms with van der Waals surface area (Å²) in [6.07, 6.45) is 8.35. The van der Waals surface area contributed by atoms with Crippen molar-refractivity contribution in [3.63, 3.8) is 0 Å². The fourth-order valence-corrected chi connectivity index (χ4v) is 4.26. The monoisotopic (exact) mass is 425 g/mol. The summed E-state index contributed by atoms with van der Waals surface area (Å²) in [5.74, 6) is 1.29. The normalized spacial score (nSPS) is 17.1. The number of aromatic amines is 2. The second-order valence-corrected chi connectivity index (χ2v) is 7.94. The van der Waals surface area contributed by atoms with Gasteiger partial charge in [-0.15, -0.1) is 0 Å². The molecule has 2 N–H and O–H groups in total. The summed E-state index contributed by atoms with van der Waals surface area (Å²) in [6.45, 7) is 2.78. The van der Waals surface area contributed by atoms with Crippen molar-refractivity contribution in [2.45, 2.75) is 32.4 Å². The standard InChI is InChI=1S/C20H19N5O2S2/c1-11-5-6-14-12(9-22-25(14)16-4-2-3-7-26-16)18(11)27-15-10-21-8-13-17(15)23-20(29)24-19(13)28/h5-6,8-10,16H,2-4,7H2,1H3,(H2,23,24,28,29). The van der Waals surface area contributed by atoms with E-state index < -0.39 is 0 Å². The Balaban J connectivity index is 1.64. The van der Waals surface area contributed by atoms with Crippen molar-refractivity contribution < 1.29 is 9.47 Å². The summed E-state index contributed by atoms with van der Waals surface area (Å²) in [6, 6.07) is 4.10. The fraction of sp³-hybridized carbons (Fsp3) is 0.300. The molecule has 7 nitrogen and oxygen atoms in total. The molecule has 0 aliphatic carbocycles. The maximum atomic E-state index is 6.35. The van der Waals surface area contributed by atoms with Crippen molar-refractivity contribution in [1.29, 1.82) is 0 Å². The highest BCUT2D eigenvalue weighted by Gasteiger charge is 2.21. The number of aromatic nitrogens is 5. The van der Waals surface area contributed by atoms with Crippen LogP contribution in [0.2, 0.25) is 0 Å². The number of ether oxygens (including phenoxy) is 2. The zero-order chi connectivity index (χ0) is 20.0. The lowest BCUT2D eigenvalue weighted by molar-refractivity contribution is -0.0366. The number of pyridine rings is 1. The van der Waals surface area contributed by atoms with Crippen LogP contribution in [0, 0.1) is 16.3 Å². The Bertz CT molecular complexity index is 1330. The second-order valence-electron chi connectivity index (χ2n) is 7.13. The highest BCUT2D eigenvalue weighted by molar-refractivity contribution is 7.72. The molecule has 1 saturated heterocycles. The fourth-order valence-electron chi connectivity index (χ4n) is 3.73. The molecule has 29 heavy (non-hydrogen) atoms. The van der Waals surface area contributed by atoms with Crippen LogP contribution < -0.4 is 4.74 Å². The summed E-state index contributed by atoms with van der Waals surface area (Å²) in [5, 5.41) is 6.28. The average molecular weight is 426 g/mol. The van der Waals surface area contributed by atoms with E-state index in [9.17, 15) is 0 Å². The van der Waals surface area contributed by atoms with Gasteiger partial charge in [0.2, 0.25) is 0 Å². The van der Waals surface area contributed by atoms with Gasteiger partial charge >= 0.3 is 0 Å². The van der Waals surface area contributed by atoms with E-state index in [-0.39, 0.29) is 6.23 Å².